The van der Waals surface area contributed by atoms with Gasteiger partial charge in [-0.2, -0.15) is 0 Å². The van der Waals surface area contributed by atoms with Gasteiger partial charge in [0.05, 0.1) is 18.4 Å². The minimum absolute atomic E-state index is 0.356. The van der Waals surface area contributed by atoms with Crippen LogP contribution in [0.3, 0.4) is 0 Å². The van der Waals surface area contributed by atoms with E-state index in [9.17, 15) is 0 Å². The predicted octanol–water partition coefficient (Wildman–Crippen LogP) is 2.53. The number of rotatable bonds is 0. The lowest BCUT2D eigenvalue weighted by atomic mass is 10.1. The van der Waals surface area contributed by atoms with Crippen LogP contribution < -0.4 is 5.32 Å². The maximum absolute atomic E-state index is 4.18. The molecule has 2 aliphatic rings. The summed E-state index contributed by atoms with van der Waals surface area (Å²) in [5.41, 5.74) is 0. The summed E-state index contributed by atoms with van der Waals surface area (Å²) < 4.78 is 0. The van der Waals surface area contributed by atoms with Crippen LogP contribution in [0.2, 0.25) is 0 Å². The second-order valence-electron chi connectivity index (χ2n) is 2.23. The number of hydrogen-bond acceptors (Lipinski definition) is 2. The first-order valence-electron chi connectivity index (χ1n) is 5.09. The highest BCUT2D eigenvalue weighted by Crippen LogP contribution is 2.10. The van der Waals surface area contributed by atoms with E-state index in [0.717, 1.165) is 0 Å². The molecule has 2 rings (SSSR count). The lowest BCUT2D eigenvalue weighted by Crippen LogP contribution is -2.29. The summed E-state index contributed by atoms with van der Waals surface area (Å²) in [4.78, 5) is 4.18. The third kappa shape index (κ3) is 3.45. The normalized spacial score (nSPS) is 26.2. The maximum atomic E-state index is 4.18. The number of allylic oxidation sites excluding steroid dienone is 2. The largest absolute Gasteiger partial charge is 0.368 e. The van der Waals surface area contributed by atoms with Gasteiger partial charge in [0.2, 0.25) is 0 Å². The van der Waals surface area contributed by atoms with E-state index in [4.69, 9.17) is 0 Å². The predicted molar refractivity (Wildman–Crippen MR) is 60.2 cm³/mol. The zero-order chi connectivity index (χ0) is 10.1. The third-order valence-electron chi connectivity index (χ3n) is 1.62. The second-order valence-corrected chi connectivity index (χ2v) is 2.23. The van der Waals surface area contributed by atoms with Gasteiger partial charge in [0.1, 0.15) is 0 Å². The number of aliphatic imine (C=N–C) groups is 1. The van der Waals surface area contributed by atoms with Gasteiger partial charge in [0, 0.05) is 0 Å². The molecule has 0 saturated carbocycles. The van der Waals surface area contributed by atoms with Crippen molar-refractivity contribution in [3.8, 4) is 0 Å². The molecule has 0 aromatic heterocycles. The lowest BCUT2D eigenvalue weighted by molar-refractivity contribution is 0.696. The van der Waals surface area contributed by atoms with E-state index in [0.29, 0.717) is 12.1 Å². The van der Waals surface area contributed by atoms with Crippen molar-refractivity contribution in [1.82, 2.24) is 5.32 Å². The van der Waals surface area contributed by atoms with Crippen LogP contribution >= 0.6 is 0 Å². The summed E-state index contributed by atoms with van der Waals surface area (Å²) in [6, 6.07) is 0.782. The smallest absolute Gasteiger partial charge is 0.0937 e. The summed E-state index contributed by atoms with van der Waals surface area (Å²) in [6.45, 7) is 8.00. The average molecular weight is 180 g/mol. The Morgan fingerprint density at radius 3 is 2.23 bits per heavy atom. The Balaban J connectivity index is 0.000000322. The van der Waals surface area contributed by atoms with Gasteiger partial charge in [-0.1, -0.05) is 52.0 Å². The summed E-state index contributed by atoms with van der Waals surface area (Å²) in [5, 5.41) is 3.13. The van der Waals surface area contributed by atoms with Gasteiger partial charge in [0.15, 0.2) is 0 Å². The Morgan fingerprint density at radius 2 is 1.62 bits per heavy atom. The molecule has 2 atom stereocenters. The summed E-state index contributed by atoms with van der Waals surface area (Å²) in [5.74, 6) is 0. The SMILES string of the molecule is C1=CC2N=CNC2C=C1.CC.CC. The topological polar surface area (TPSA) is 24.4 Å². The zero-order valence-corrected chi connectivity index (χ0v) is 8.99. The van der Waals surface area contributed by atoms with Crippen molar-refractivity contribution in [2.24, 2.45) is 4.99 Å². The maximum Gasteiger partial charge on any atom is 0.0937 e. The van der Waals surface area contributed by atoms with Gasteiger partial charge in [0.25, 0.3) is 0 Å². The summed E-state index contributed by atoms with van der Waals surface area (Å²) >= 11 is 0. The third-order valence-corrected chi connectivity index (χ3v) is 1.62. The van der Waals surface area contributed by atoms with Crippen LogP contribution in [-0.2, 0) is 0 Å². The second kappa shape index (κ2) is 7.59. The monoisotopic (exact) mass is 180 g/mol. The van der Waals surface area contributed by atoms with E-state index < -0.39 is 0 Å². The standard InChI is InChI=1S/C7H8N2.2C2H6/c1-2-4-7-6(3-1)8-5-9-7;2*1-2/h1-7H,(H,8,9);2*1-2H3. The number of hydrogen-bond donors (Lipinski definition) is 1. The lowest BCUT2D eigenvalue weighted by Gasteiger charge is -2.12. The molecule has 0 radical (unpaired) electrons. The zero-order valence-electron chi connectivity index (χ0n) is 8.99. The average Bonchev–Trinajstić information content (AvgIpc) is 2.71. The fourth-order valence-corrected chi connectivity index (χ4v) is 1.11. The highest BCUT2D eigenvalue weighted by molar-refractivity contribution is 5.60. The number of fused-ring (bicyclic) bond motifs is 1. The minimum atomic E-state index is 0.356. The van der Waals surface area contributed by atoms with Gasteiger partial charge in [-0.05, 0) is 0 Å². The molecule has 0 saturated heterocycles. The van der Waals surface area contributed by atoms with E-state index >= 15 is 0 Å². The molecule has 1 heterocycles. The first-order chi connectivity index (χ1) is 6.47. The van der Waals surface area contributed by atoms with Crippen LogP contribution in [-0.4, -0.2) is 18.4 Å². The Kier molecular flexibility index (Phi) is 6.98. The molecular formula is C11H20N2. The molecule has 0 amide bonds. The van der Waals surface area contributed by atoms with Crippen LogP contribution in [0.5, 0.6) is 0 Å². The fourth-order valence-electron chi connectivity index (χ4n) is 1.11. The van der Waals surface area contributed by atoms with E-state index in [1.807, 2.05) is 39.8 Å². The van der Waals surface area contributed by atoms with E-state index in [1.54, 1.807) is 6.34 Å². The van der Waals surface area contributed by atoms with Crippen molar-refractivity contribution in [3.63, 3.8) is 0 Å². The highest BCUT2D eigenvalue weighted by atomic mass is 15.1. The van der Waals surface area contributed by atoms with Crippen molar-refractivity contribution >= 4 is 6.34 Å². The van der Waals surface area contributed by atoms with Crippen LogP contribution in [0, 0.1) is 0 Å². The number of nitrogens with zero attached hydrogens (tertiary/aromatic N) is 1. The fraction of sp³-hybridized carbons (Fsp3) is 0.545. The molecule has 2 heteroatoms. The van der Waals surface area contributed by atoms with Gasteiger partial charge < -0.3 is 5.32 Å². The molecule has 0 bridgehead atoms. The molecule has 2 nitrogen and oxygen atoms in total. The first-order valence-corrected chi connectivity index (χ1v) is 5.09. The number of nitrogens with one attached hydrogen (secondary N) is 1. The van der Waals surface area contributed by atoms with E-state index in [2.05, 4.69) is 22.5 Å². The Morgan fingerprint density at radius 1 is 1.00 bits per heavy atom. The van der Waals surface area contributed by atoms with Crippen LogP contribution in [0.15, 0.2) is 29.3 Å². The van der Waals surface area contributed by atoms with Crippen molar-refractivity contribution in [3.05, 3.63) is 24.3 Å². The van der Waals surface area contributed by atoms with E-state index in [-0.39, 0.29) is 0 Å². The molecule has 1 N–H and O–H groups in total. The summed E-state index contributed by atoms with van der Waals surface area (Å²) in [6.07, 6.45) is 10.1. The van der Waals surface area contributed by atoms with Gasteiger partial charge in [-0.15, -0.1) is 0 Å². The van der Waals surface area contributed by atoms with Crippen molar-refractivity contribution in [2.75, 3.05) is 0 Å². The molecule has 74 valence electrons. The molecule has 1 aliphatic carbocycles. The molecular weight excluding hydrogens is 160 g/mol. The molecule has 13 heavy (non-hydrogen) atoms. The Labute approximate surface area is 81.5 Å². The quantitative estimate of drug-likeness (QED) is 0.608. The Bertz CT molecular complexity index is 192. The minimum Gasteiger partial charge on any atom is -0.368 e. The van der Waals surface area contributed by atoms with Crippen LogP contribution in [0.4, 0.5) is 0 Å². The molecule has 0 fully saturated rings. The first kappa shape index (κ1) is 11.9. The molecule has 2 unspecified atom stereocenters. The van der Waals surface area contributed by atoms with Crippen LogP contribution in [0.25, 0.3) is 0 Å². The Hall–Kier alpha value is -1.05. The van der Waals surface area contributed by atoms with Gasteiger partial charge in [-0.3, -0.25) is 4.99 Å². The molecule has 0 aromatic rings. The highest BCUT2D eigenvalue weighted by Gasteiger charge is 2.19. The molecule has 0 spiro atoms. The molecule has 0 aromatic carbocycles. The van der Waals surface area contributed by atoms with Crippen molar-refractivity contribution in [1.29, 1.82) is 0 Å². The van der Waals surface area contributed by atoms with Crippen molar-refractivity contribution < 1.29 is 0 Å². The van der Waals surface area contributed by atoms with Gasteiger partial charge in [-0.25, -0.2) is 0 Å². The van der Waals surface area contributed by atoms with Gasteiger partial charge >= 0.3 is 0 Å². The van der Waals surface area contributed by atoms with Crippen LogP contribution in [0.1, 0.15) is 27.7 Å². The summed E-state index contributed by atoms with van der Waals surface area (Å²) in [7, 11) is 0. The van der Waals surface area contributed by atoms with E-state index in [1.165, 1.54) is 0 Å². The molecule has 1 aliphatic heterocycles. The van der Waals surface area contributed by atoms with Crippen molar-refractivity contribution in [2.45, 2.75) is 39.8 Å².